The van der Waals surface area contributed by atoms with Crippen LogP contribution in [0.1, 0.15) is 47.1 Å². The van der Waals surface area contributed by atoms with E-state index in [1.807, 2.05) is 54.5 Å². The summed E-state index contributed by atoms with van der Waals surface area (Å²) >= 11 is 3.39. The van der Waals surface area contributed by atoms with Gasteiger partial charge in [-0.05, 0) is 76.0 Å². The Kier molecular flexibility index (Phi) is 6.45. The largest absolute Gasteiger partial charge is 0.444 e. The zero-order valence-corrected chi connectivity index (χ0v) is 16.7. The Morgan fingerprint density at radius 2 is 1.91 bits per heavy atom. The summed E-state index contributed by atoms with van der Waals surface area (Å²) in [4.78, 5) is 18.4. The molecule has 130 valence electrons. The molecule has 5 nitrogen and oxygen atoms in total. The minimum atomic E-state index is -0.499. The number of pyridine rings is 1. The lowest BCUT2D eigenvalue weighted by atomic mass is 10.1. The van der Waals surface area contributed by atoms with E-state index in [0.717, 1.165) is 15.9 Å². The van der Waals surface area contributed by atoms with Crippen LogP contribution in [0, 0.1) is 6.92 Å². The monoisotopic (exact) mass is 385 g/mol. The molecule has 1 rings (SSSR count). The number of nitrogens with one attached hydrogen (secondary N) is 1. The van der Waals surface area contributed by atoms with Gasteiger partial charge in [-0.15, -0.1) is 0 Å². The van der Waals surface area contributed by atoms with Crippen LogP contribution in [0.5, 0.6) is 0 Å². The second-order valence-corrected chi connectivity index (χ2v) is 8.31. The fraction of sp³-hybridized carbons (Fsp3) is 0.647. The van der Waals surface area contributed by atoms with Gasteiger partial charge in [-0.1, -0.05) is 0 Å². The van der Waals surface area contributed by atoms with Crippen molar-refractivity contribution in [1.29, 1.82) is 0 Å². The Balaban J connectivity index is 2.68. The fourth-order valence-corrected chi connectivity index (χ4v) is 2.20. The molecule has 1 heterocycles. The molecule has 23 heavy (non-hydrogen) atoms. The number of carbonyl (C=O) groups is 1. The van der Waals surface area contributed by atoms with Crippen molar-refractivity contribution in [3.8, 4) is 0 Å². The summed E-state index contributed by atoms with van der Waals surface area (Å²) in [6.07, 6.45) is 1.48. The standard InChI is InChI=1S/C17H28BrN3O2/c1-12-10-13(11-20-14(12)18)19-8-9-21(16(2,3)4)15(22)23-17(5,6)7/h10-11,19H,8-9H2,1-7H3. The molecule has 6 heteroatoms. The first kappa shape index (κ1) is 19.7. The van der Waals surface area contributed by atoms with Crippen molar-refractivity contribution in [2.45, 2.75) is 59.6 Å². The van der Waals surface area contributed by atoms with Crippen molar-refractivity contribution < 1.29 is 9.53 Å². The Labute approximate surface area is 147 Å². The number of hydrogen-bond acceptors (Lipinski definition) is 4. The maximum Gasteiger partial charge on any atom is 0.410 e. The van der Waals surface area contributed by atoms with Gasteiger partial charge < -0.3 is 15.0 Å². The van der Waals surface area contributed by atoms with Crippen molar-refractivity contribution in [1.82, 2.24) is 9.88 Å². The highest BCUT2D eigenvalue weighted by atomic mass is 79.9. The van der Waals surface area contributed by atoms with Crippen LogP contribution in [0.15, 0.2) is 16.9 Å². The first-order valence-electron chi connectivity index (χ1n) is 7.77. The van der Waals surface area contributed by atoms with Crippen molar-refractivity contribution in [2.75, 3.05) is 18.4 Å². The molecular weight excluding hydrogens is 358 g/mol. The van der Waals surface area contributed by atoms with E-state index >= 15 is 0 Å². The van der Waals surface area contributed by atoms with Gasteiger partial charge in [0.15, 0.2) is 0 Å². The molecule has 0 aliphatic carbocycles. The van der Waals surface area contributed by atoms with E-state index in [4.69, 9.17) is 4.74 Å². The summed E-state index contributed by atoms with van der Waals surface area (Å²) in [6, 6.07) is 2.02. The van der Waals surface area contributed by atoms with Crippen LogP contribution < -0.4 is 5.32 Å². The van der Waals surface area contributed by atoms with E-state index < -0.39 is 5.60 Å². The molecule has 0 aromatic carbocycles. The van der Waals surface area contributed by atoms with Crippen molar-refractivity contribution in [3.05, 3.63) is 22.4 Å². The molecule has 1 N–H and O–H groups in total. The molecule has 0 bridgehead atoms. The number of carbonyl (C=O) groups excluding carboxylic acids is 1. The first-order valence-corrected chi connectivity index (χ1v) is 8.56. The number of halogens is 1. The molecule has 0 atom stereocenters. The average Bonchev–Trinajstić information content (AvgIpc) is 2.35. The number of amides is 1. The zero-order chi connectivity index (χ0) is 17.8. The number of ether oxygens (including phenoxy) is 1. The van der Waals surface area contributed by atoms with Crippen LogP contribution >= 0.6 is 15.9 Å². The minimum Gasteiger partial charge on any atom is -0.444 e. The Bertz CT molecular complexity index is 548. The SMILES string of the molecule is Cc1cc(NCCN(C(=O)OC(C)(C)C)C(C)(C)C)cnc1Br. The van der Waals surface area contributed by atoms with E-state index in [1.54, 1.807) is 11.1 Å². The number of nitrogens with zero attached hydrogens (tertiary/aromatic N) is 2. The summed E-state index contributed by atoms with van der Waals surface area (Å²) in [5.74, 6) is 0. The second-order valence-electron chi connectivity index (χ2n) is 7.56. The normalized spacial score (nSPS) is 12.0. The minimum absolute atomic E-state index is 0.295. The van der Waals surface area contributed by atoms with Gasteiger partial charge in [0.05, 0.1) is 11.9 Å². The molecule has 0 saturated carbocycles. The quantitative estimate of drug-likeness (QED) is 0.769. The van der Waals surface area contributed by atoms with Gasteiger partial charge >= 0.3 is 6.09 Å². The summed E-state index contributed by atoms with van der Waals surface area (Å²) in [5, 5.41) is 3.30. The summed E-state index contributed by atoms with van der Waals surface area (Å²) < 4.78 is 6.35. The first-order chi connectivity index (χ1) is 10.4. The molecule has 0 spiro atoms. The lowest BCUT2D eigenvalue weighted by molar-refractivity contribution is 0.00749. The number of anilines is 1. The number of aromatic nitrogens is 1. The van der Waals surface area contributed by atoms with Gasteiger partial charge in [0.1, 0.15) is 10.2 Å². The highest BCUT2D eigenvalue weighted by molar-refractivity contribution is 9.10. The third-order valence-corrected chi connectivity index (χ3v) is 3.93. The highest BCUT2D eigenvalue weighted by Crippen LogP contribution is 2.19. The average molecular weight is 386 g/mol. The lowest BCUT2D eigenvalue weighted by Gasteiger charge is -2.37. The van der Waals surface area contributed by atoms with Crippen LogP contribution in [-0.4, -0.2) is 40.2 Å². The smallest absolute Gasteiger partial charge is 0.410 e. The number of hydrogen-bond donors (Lipinski definition) is 1. The molecule has 1 amide bonds. The van der Waals surface area contributed by atoms with Gasteiger partial charge in [-0.2, -0.15) is 0 Å². The highest BCUT2D eigenvalue weighted by Gasteiger charge is 2.30. The van der Waals surface area contributed by atoms with E-state index in [0.29, 0.717) is 13.1 Å². The Morgan fingerprint density at radius 3 is 2.39 bits per heavy atom. The maximum absolute atomic E-state index is 12.4. The van der Waals surface area contributed by atoms with E-state index in [2.05, 4.69) is 26.2 Å². The molecule has 0 radical (unpaired) electrons. The van der Waals surface area contributed by atoms with Crippen LogP contribution in [0.2, 0.25) is 0 Å². The van der Waals surface area contributed by atoms with Crippen LogP contribution in [-0.2, 0) is 4.74 Å². The summed E-state index contributed by atoms with van der Waals surface area (Å²) in [5.41, 5.74) is 1.19. The number of aryl methyl sites for hydroxylation is 1. The van der Waals surface area contributed by atoms with Crippen LogP contribution in [0.4, 0.5) is 10.5 Å². The molecule has 0 unspecified atom stereocenters. The topological polar surface area (TPSA) is 54.5 Å². The van der Waals surface area contributed by atoms with E-state index in [1.165, 1.54) is 0 Å². The van der Waals surface area contributed by atoms with Crippen molar-refractivity contribution in [2.24, 2.45) is 0 Å². The summed E-state index contributed by atoms with van der Waals surface area (Å²) in [6.45, 7) is 14.8. The molecule has 1 aromatic rings. The zero-order valence-electron chi connectivity index (χ0n) is 15.2. The Hall–Kier alpha value is -1.30. The predicted molar refractivity (Wildman–Crippen MR) is 97.9 cm³/mol. The summed E-state index contributed by atoms with van der Waals surface area (Å²) in [7, 11) is 0. The van der Waals surface area contributed by atoms with Gasteiger partial charge in [-0.3, -0.25) is 0 Å². The van der Waals surface area contributed by atoms with Gasteiger partial charge in [0.25, 0.3) is 0 Å². The van der Waals surface area contributed by atoms with Gasteiger partial charge in [-0.25, -0.2) is 9.78 Å². The van der Waals surface area contributed by atoms with Gasteiger partial charge in [0.2, 0.25) is 0 Å². The lowest BCUT2D eigenvalue weighted by Crippen LogP contribution is -2.49. The third-order valence-electron chi connectivity index (χ3n) is 3.10. The molecule has 0 aliphatic heterocycles. The van der Waals surface area contributed by atoms with Crippen LogP contribution in [0.25, 0.3) is 0 Å². The van der Waals surface area contributed by atoms with Gasteiger partial charge in [0, 0.05) is 18.6 Å². The molecule has 0 fully saturated rings. The van der Waals surface area contributed by atoms with E-state index in [-0.39, 0.29) is 11.6 Å². The predicted octanol–water partition coefficient (Wildman–Crippen LogP) is 4.60. The van der Waals surface area contributed by atoms with E-state index in [9.17, 15) is 4.79 Å². The maximum atomic E-state index is 12.4. The van der Waals surface area contributed by atoms with Crippen molar-refractivity contribution in [3.63, 3.8) is 0 Å². The van der Waals surface area contributed by atoms with Crippen LogP contribution in [0.3, 0.4) is 0 Å². The Morgan fingerprint density at radius 1 is 1.30 bits per heavy atom. The van der Waals surface area contributed by atoms with Crippen molar-refractivity contribution >= 4 is 27.7 Å². The second kappa shape index (κ2) is 7.51. The molecular formula is C17H28BrN3O2. The third kappa shape index (κ3) is 6.77. The fourth-order valence-electron chi connectivity index (χ4n) is 1.98. The molecule has 0 aliphatic rings. The molecule has 0 saturated heterocycles. The molecule has 1 aromatic heterocycles. The number of rotatable bonds is 4.